The molecule has 0 bridgehead atoms. The van der Waals surface area contributed by atoms with E-state index in [0.29, 0.717) is 22.2 Å². The molecule has 2 aromatic heterocycles. The Balaban J connectivity index is 2.00. The van der Waals surface area contributed by atoms with E-state index < -0.39 is 11.9 Å². The Morgan fingerprint density at radius 1 is 1.26 bits per heavy atom. The third-order valence-corrected chi connectivity index (χ3v) is 3.60. The molecule has 0 saturated carbocycles. The van der Waals surface area contributed by atoms with E-state index in [1.807, 2.05) is 11.6 Å². The summed E-state index contributed by atoms with van der Waals surface area (Å²) in [5, 5.41) is 15.6. The minimum absolute atomic E-state index is 0.121. The van der Waals surface area contributed by atoms with E-state index in [2.05, 4.69) is 10.4 Å². The van der Waals surface area contributed by atoms with E-state index in [9.17, 15) is 14.4 Å². The van der Waals surface area contributed by atoms with Crippen LogP contribution >= 0.6 is 0 Å². The predicted octanol–water partition coefficient (Wildman–Crippen LogP) is 0.989. The second-order valence-electron chi connectivity index (χ2n) is 5.14. The quantitative estimate of drug-likeness (QED) is 0.747. The molecule has 3 rings (SSSR count). The van der Waals surface area contributed by atoms with Crippen molar-refractivity contribution < 1.29 is 14.7 Å². The molecule has 0 saturated heterocycles. The van der Waals surface area contributed by atoms with Crippen molar-refractivity contribution in [2.45, 2.75) is 12.8 Å². The van der Waals surface area contributed by atoms with Crippen LogP contribution in [-0.4, -0.2) is 31.2 Å². The van der Waals surface area contributed by atoms with Crippen LogP contribution in [0.2, 0.25) is 0 Å². The lowest BCUT2D eigenvalue weighted by atomic mass is 10.2. The number of aromatic nitrogens is 3. The van der Waals surface area contributed by atoms with Crippen LogP contribution in [0.1, 0.15) is 12.8 Å². The summed E-state index contributed by atoms with van der Waals surface area (Å²) in [7, 11) is 1.82. The fourth-order valence-electron chi connectivity index (χ4n) is 2.47. The van der Waals surface area contributed by atoms with Crippen LogP contribution < -0.4 is 10.9 Å². The minimum atomic E-state index is -1.03. The third kappa shape index (κ3) is 2.66. The predicted molar refractivity (Wildman–Crippen MR) is 83.4 cm³/mol. The van der Waals surface area contributed by atoms with E-state index in [-0.39, 0.29) is 18.4 Å². The number of hydrogen-bond acceptors (Lipinski definition) is 4. The first kappa shape index (κ1) is 14.8. The molecule has 0 unspecified atom stereocenters. The Bertz CT molecular complexity index is 986. The van der Waals surface area contributed by atoms with Crippen LogP contribution in [0.3, 0.4) is 0 Å². The van der Waals surface area contributed by atoms with Crippen LogP contribution in [0, 0.1) is 0 Å². The Labute approximate surface area is 130 Å². The lowest BCUT2D eigenvalue weighted by Gasteiger charge is -2.10. The van der Waals surface area contributed by atoms with Gasteiger partial charge in [0, 0.05) is 25.2 Å². The summed E-state index contributed by atoms with van der Waals surface area (Å²) in [6.07, 6.45) is 1.18. The molecule has 2 N–H and O–H groups in total. The van der Waals surface area contributed by atoms with E-state index >= 15 is 0 Å². The van der Waals surface area contributed by atoms with Gasteiger partial charge in [0.05, 0.1) is 23.5 Å². The molecule has 8 heteroatoms. The molecule has 8 nitrogen and oxygen atoms in total. The molecule has 118 valence electrons. The van der Waals surface area contributed by atoms with E-state index in [0.717, 1.165) is 0 Å². The monoisotopic (exact) mass is 314 g/mol. The molecule has 0 radical (unpaired) electrons. The van der Waals surface area contributed by atoms with Gasteiger partial charge in [-0.2, -0.15) is 9.61 Å². The molecular weight excluding hydrogens is 300 g/mol. The van der Waals surface area contributed by atoms with Gasteiger partial charge in [0.2, 0.25) is 5.91 Å². The normalized spacial score (nSPS) is 11.0. The fraction of sp³-hybridized carbons (Fsp3) is 0.200. The first-order chi connectivity index (χ1) is 11.0. The molecule has 3 aromatic rings. The molecule has 1 aromatic carbocycles. The number of rotatable bonds is 4. The van der Waals surface area contributed by atoms with Crippen LogP contribution in [0.25, 0.3) is 16.6 Å². The smallest absolute Gasteiger partial charge is 0.303 e. The van der Waals surface area contributed by atoms with E-state index in [4.69, 9.17) is 5.11 Å². The lowest BCUT2D eigenvalue weighted by molar-refractivity contribution is -0.138. The number of benzene rings is 1. The number of carbonyl (C=O) groups is 2. The minimum Gasteiger partial charge on any atom is -0.481 e. The van der Waals surface area contributed by atoms with Crippen molar-refractivity contribution in [3.05, 3.63) is 40.8 Å². The maximum atomic E-state index is 12.5. The first-order valence-electron chi connectivity index (χ1n) is 6.95. The summed E-state index contributed by atoms with van der Waals surface area (Å²) >= 11 is 0. The van der Waals surface area contributed by atoms with Gasteiger partial charge in [-0.15, -0.1) is 0 Å². The summed E-state index contributed by atoms with van der Waals surface area (Å²) in [6, 6.07) is 6.71. The zero-order valence-electron chi connectivity index (χ0n) is 12.3. The maximum absolute atomic E-state index is 12.5. The van der Waals surface area contributed by atoms with Crippen molar-refractivity contribution >= 4 is 34.1 Å². The molecule has 0 aliphatic heterocycles. The van der Waals surface area contributed by atoms with Gasteiger partial charge in [0.15, 0.2) is 0 Å². The van der Waals surface area contributed by atoms with Crippen LogP contribution in [0.5, 0.6) is 0 Å². The van der Waals surface area contributed by atoms with E-state index in [1.54, 1.807) is 30.5 Å². The average Bonchev–Trinajstić information content (AvgIpc) is 3.00. The Morgan fingerprint density at radius 2 is 2.04 bits per heavy atom. The number of aliphatic carboxylic acids is 1. The van der Waals surface area contributed by atoms with Crippen LogP contribution in [0.15, 0.2) is 35.3 Å². The van der Waals surface area contributed by atoms with Crippen molar-refractivity contribution in [2.75, 3.05) is 5.32 Å². The number of nitrogens with one attached hydrogen (secondary N) is 1. The number of anilines is 1. The zero-order valence-corrected chi connectivity index (χ0v) is 12.3. The molecule has 0 aliphatic carbocycles. The molecule has 0 atom stereocenters. The lowest BCUT2D eigenvalue weighted by Crippen LogP contribution is -2.19. The largest absolute Gasteiger partial charge is 0.481 e. The maximum Gasteiger partial charge on any atom is 0.303 e. The highest BCUT2D eigenvalue weighted by atomic mass is 16.4. The third-order valence-electron chi connectivity index (χ3n) is 3.60. The van der Waals surface area contributed by atoms with Gasteiger partial charge in [-0.3, -0.25) is 14.4 Å². The molecule has 23 heavy (non-hydrogen) atoms. The second-order valence-corrected chi connectivity index (χ2v) is 5.14. The van der Waals surface area contributed by atoms with E-state index in [1.165, 1.54) is 4.52 Å². The summed E-state index contributed by atoms with van der Waals surface area (Å²) in [5.41, 5.74) is 1.54. The molecule has 1 amide bonds. The first-order valence-corrected chi connectivity index (χ1v) is 6.95. The Hall–Kier alpha value is -3.16. The Kier molecular flexibility index (Phi) is 3.57. The van der Waals surface area contributed by atoms with Crippen LogP contribution in [0.4, 0.5) is 5.69 Å². The second kappa shape index (κ2) is 5.56. The van der Waals surface area contributed by atoms with Gasteiger partial charge in [-0.25, -0.2) is 0 Å². The number of fused-ring (bicyclic) bond motifs is 2. The number of hydrogen-bond donors (Lipinski definition) is 2. The average molecular weight is 314 g/mol. The van der Waals surface area contributed by atoms with Crippen molar-refractivity contribution in [1.29, 1.82) is 0 Å². The molecule has 0 fully saturated rings. The molecular formula is C15H14N4O4. The number of amides is 1. The topological polar surface area (TPSA) is 106 Å². The highest BCUT2D eigenvalue weighted by molar-refractivity contribution is 5.95. The van der Waals surface area contributed by atoms with Gasteiger partial charge in [0.25, 0.3) is 5.56 Å². The molecule has 2 heterocycles. The number of carbonyl (C=O) groups excluding carboxylic acids is 1. The number of nitrogens with zero attached hydrogens (tertiary/aromatic N) is 3. The van der Waals surface area contributed by atoms with Gasteiger partial charge in [0.1, 0.15) is 5.65 Å². The molecule has 0 aliphatic rings. The number of aryl methyl sites for hydroxylation is 1. The van der Waals surface area contributed by atoms with Gasteiger partial charge in [-0.05, 0) is 18.2 Å². The standard InChI is InChI=1S/C15H14N4O4/c1-18-11-3-2-9(17-12(20)4-5-14(21)22)8-10(11)15(23)19-13(18)6-7-16-19/h2-3,6-8H,4-5H2,1H3,(H,17,20)(H,21,22). The van der Waals surface area contributed by atoms with Crippen molar-refractivity contribution in [3.63, 3.8) is 0 Å². The summed E-state index contributed by atoms with van der Waals surface area (Å²) in [5.74, 6) is -1.45. The summed E-state index contributed by atoms with van der Waals surface area (Å²) in [6.45, 7) is 0. The summed E-state index contributed by atoms with van der Waals surface area (Å²) in [4.78, 5) is 34.6. The van der Waals surface area contributed by atoms with Crippen molar-refractivity contribution in [1.82, 2.24) is 14.2 Å². The number of carboxylic acids is 1. The van der Waals surface area contributed by atoms with Gasteiger partial charge < -0.3 is 15.0 Å². The van der Waals surface area contributed by atoms with Crippen molar-refractivity contribution in [2.24, 2.45) is 7.05 Å². The summed E-state index contributed by atoms with van der Waals surface area (Å²) < 4.78 is 3.12. The highest BCUT2D eigenvalue weighted by Crippen LogP contribution is 2.18. The Morgan fingerprint density at radius 3 is 2.78 bits per heavy atom. The highest BCUT2D eigenvalue weighted by Gasteiger charge is 2.11. The zero-order chi connectivity index (χ0) is 16.6. The SMILES string of the molecule is Cn1c2ccc(NC(=O)CCC(=O)O)cc2c(=O)n2nccc12. The van der Waals surface area contributed by atoms with Gasteiger partial charge in [-0.1, -0.05) is 0 Å². The fourth-order valence-corrected chi connectivity index (χ4v) is 2.47. The molecule has 0 spiro atoms. The van der Waals surface area contributed by atoms with Crippen molar-refractivity contribution in [3.8, 4) is 0 Å². The van der Waals surface area contributed by atoms with Gasteiger partial charge >= 0.3 is 5.97 Å². The number of carboxylic acid groups (broad SMARTS) is 1. The van der Waals surface area contributed by atoms with Crippen LogP contribution in [-0.2, 0) is 16.6 Å².